The molecule has 0 saturated heterocycles. The van der Waals surface area contributed by atoms with E-state index in [1.807, 2.05) is 24.3 Å². The van der Waals surface area contributed by atoms with E-state index >= 15 is 0 Å². The SMILES string of the molecule is CC(C)Nc1ccc2ncccc2n1. The highest BCUT2D eigenvalue weighted by Gasteiger charge is 1.99. The van der Waals surface area contributed by atoms with E-state index in [1.54, 1.807) is 6.20 Å². The number of aromatic nitrogens is 2. The Kier molecular flexibility index (Phi) is 2.31. The summed E-state index contributed by atoms with van der Waals surface area (Å²) in [5.74, 6) is 0.903. The molecule has 2 heterocycles. The highest BCUT2D eigenvalue weighted by atomic mass is 15.0. The third-order valence-corrected chi connectivity index (χ3v) is 1.89. The number of nitrogens with one attached hydrogen (secondary N) is 1. The summed E-state index contributed by atoms with van der Waals surface area (Å²) in [6, 6.07) is 8.20. The molecule has 3 nitrogen and oxygen atoms in total. The minimum absolute atomic E-state index is 0.400. The number of nitrogens with zero attached hydrogens (tertiary/aromatic N) is 2. The van der Waals surface area contributed by atoms with Crippen LogP contribution in [0.3, 0.4) is 0 Å². The fraction of sp³-hybridized carbons (Fsp3) is 0.273. The predicted molar refractivity (Wildman–Crippen MR) is 58.3 cm³/mol. The van der Waals surface area contributed by atoms with Crippen molar-refractivity contribution in [3.63, 3.8) is 0 Å². The molecule has 0 amide bonds. The van der Waals surface area contributed by atoms with Gasteiger partial charge in [-0.2, -0.15) is 0 Å². The molecule has 0 unspecified atom stereocenters. The molecule has 0 aliphatic heterocycles. The summed E-state index contributed by atoms with van der Waals surface area (Å²) in [5.41, 5.74) is 1.86. The van der Waals surface area contributed by atoms with Gasteiger partial charge in [0.25, 0.3) is 0 Å². The van der Waals surface area contributed by atoms with Gasteiger partial charge >= 0.3 is 0 Å². The van der Waals surface area contributed by atoms with Gasteiger partial charge in [-0.15, -0.1) is 0 Å². The van der Waals surface area contributed by atoms with Gasteiger partial charge in [-0.05, 0) is 38.1 Å². The summed E-state index contributed by atoms with van der Waals surface area (Å²) in [5, 5.41) is 3.26. The monoisotopic (exact) mass is 187 g/mol. The fourth-order valence-electron chi connectivity index (χ4n) is 1.33. The van der Waals surface area contributed by atoms with Crippen molar-refractivity contribution in [2.75, 3.05) is 5.32 Å². The van der Waals surface area contributed by atoms with Crippen LogP contribution in [0.2, 0.25) is 0 Å². The summed E-state index contributed by atoms with van der Waals surface area (Å²) >= 11 is 0. The van der Waals surface area contributed by atoms with Gasteiger partial charge in [0.05, 0.1) is 11.0 Å². The van der Waals surface area contributed by atoms with Gasteiger partial charge in [0.2, 0.25) is 0 Å². The smallest absolute Gasteiger partial charge is 0.126 e. The molecular formula is C11H13N3. The number of fused-ring (bicyclic) bond motifs is 1. The van der Waals surface area contributed by atoms with Crippen molar-refractivity contribution in [2.24, 2.45) is 0 Å². The molecule has 0 aliphatic rings. The first kappa shape index (κ1) is 8.94. The van der Waals surface area contributed by atoms with Crippen molar-refractivity contribution < 1.29 is 0 Å². The molecular weight excluding hydrogens is 174 g/mol. The minimum Gasteiger partial charge on any atom is -0.368 e. The first-order chi connectivity index (χ1) is 6.75. The van der Waals surface area contributed by atoms with Crippen LogP contribution in [-0.2, 0) is 0 Å². The van der Waals surface area contributed by atoms with Crippen LogP contribution in [0.15, 0.2) is 30.5 Å². The molecule has 2 aromatic rings. The molecule has 1 N–H and O–H groups in total. The van der Waals surface area contributed by atoms with Crippen molar-refractivity contribution in [2.45, 2.75) is 19.9 Å². The number of rotatable bonds is 2. The number of anilines is 1. The van der Waals surface area contributed by atoms with E-state index in [4.69, 9.17) is 0 Å². The lowest BCUT2D eigenvalue weighted by Crippen LogP contribution is -2.10. The van der Waals surface area contributed by atoms with E-state index in [-0.39, 0.29) is 0 Å². The minimum atomic E-state index is 0.400. The maximum absolute atomic E-state index is 4.44. The number of hydrogen-bond donors (Lipinski definition) is 1. The van der Waals surface area contributed by atoms with Crippen LogP contribution in [0, 0.1) is 0 Å². The molecule has 2 rings (SSSR count). The molecule has 2 aromatic heterocycles. The van der Waals surface area contributed by atoms with Crippen molar-refractivity contribution >= 4 is 16.9 Å². The zero-order chi connectivity index (χ0) is 9.97. The highest BCUT2D eigenvalue weighted by molar-refractivity contribution is 5.75. The number of hydrogen-bond acceptors (Lipinski definition) is 3. The highest BCUT2D eigenvalue weighted by Crippen LogP contribution is 2.12. The molecule has 0 fully saturated rings. The topological polar surface area (TPSA) is 37.8 Å². The van der Waals surface area contributed by atoms with E-state index in [9.17, 15) is 0 Å². The van der Waals surface area contributed by atoms with Crippen molar-refractivity contribution in [3.05, 3.63) is 30.5 Å². The van der Waals surface area contributed by atoms with E-state index in [0.717, 1.165) is 16.9 Å². The molecule has 0 radical (unpaired) electrons. The fourth-order valence-corrected chi connectivity index (χ4v) is 1.33. The van der Waals surface area contributed by atoms with Crippen LogP contribution in [-0.4, -0.2) is 16.0 Å². The summed E-state index contributed by atoms with van der Waals surface area (Å²) in [6.45, 7) is 4.18. The Labute approximate surface area is 83.2 Å². The van der Waals surface area contributed by atoms with E-state index in [1.165, 1.54) is 0 Å². The van der Waals surface area contributed by atoms with Gasteiger partial charge in [-0.25, -0.2) is 4.98 Å². The molecule has 0 saturated carbocycles. The Morgan fingerprint density at radius 2 is 2.00 bits per heavy atom. The lowest BCUT2D eigenvalue weighted by molar-refractivity contribution is 0.891. The second-order valence-electron chi connectivity index (χ2n) is 3.54. The van der Waals surface area contributed by atoms with Crippen LogP contribution in [0.4, 0.5) is 5.82 Å². The average Bonchev–Trinajstić information content (AvgIpc) is 2.17. The standard InChI is InChI=1S/C11H13N3/c1-8(2)13-11-6-5-9-10(14-11)4-3-7-12-9/h3-8H,1-2H3,(H,13,14). The quantitative estimate of drug-likeness (QED) is 0.784. The normalized spacial score (nSPS) is 10.8. The van der Waals surface area contributed by atoms with Gasteiger partial charge in [0.1, 0.15) is 5.82 Å². The third kappa shape index (κ3) is 1.82. The molecule has 72 valence electrons. The molecule has 0 spiro atoms. The molecule has 0 aliphatic carbocycles. The largest absolute Gasteiger partial charge is 0.368 e. The Bertz CT molecular complexity index is 437. The molecule has 3 heteroatoms. The predicted octanol–water partition coefficient (Wildman–Crippen LogP) is 2.45. The summed E-state index contributed by atoms with van der Waals surface area (Å²) in [7, 11) is 0. The second-order valence-corrected chi connectivity index (χ2v) is 3.54. The first-order valence-corrected chi connectivity index (χ1v) is 4.74. The van der Waals surface area contributed by atoms with Crippen LogP contribution in [0.25, 0.3) is 11.0 Å². The van der Waals surface area contributed by atoms with Crippen LogP contribution in [0.5, 0.6) is 0 Å². The van der Waals surface area contributed by atoms with Crippen molar-refractivity contribution in [1.82, 2.24) is 9.97 Å². The van der Waals surface area contributed by atoms with Gasteiger partial charge in [-0.1, -0.05) is 0 Å². The van der Waals surface area contributed by atoms with Crippen LogP contribution < -0.4 is 5.32 Å². The van der Waals surface area contributed by atoms with Gasteiger partial charge in [0, 0.05) is 12.2 Å². The van der Waals surface area contributed by atoms with Crippen LogP contribution >= 0.6 is 0 Å². The first-order valence-electron chi connectivity index (χ1n) is 4.74. The van der Waals surface area contributed by atoms with Crippen molar-refractivity contribution in [1.29, 1.82) is 0 Å². The zero-order valence-electron chi connectivity index (χ0n) is 8.36. The second kappa shape index (κ2) is 3.62. The number of pyridine rings is 2. The van der Waals surface area contributed by atoms with E-state index in [0.29, 0.717) is 6.04 Å². The maximum Gasteiger partial charge on any atom is 0.126 e. The lowest BCUT2D eigenvalue weighted by Gasteiger charge is -2.08. The Morgan fingerprint density at radius 3 is 2.79 bits per heavy atom. The lowest BCUT2D eigenvalue weighted by atomic mass is 10.3. The van der Waals surface area contributed by atoms with Gasteiger partial charge in [0.15, 0.2) is 0 Å². The van der Waals surface area contributed by atoms with E-state index in [2.05, 4.69) is 29.1 Å². The molecule has 0 bridgehead atoms. The van der Waals surface area contributed by atoms with Gasteiger partial charge < -0.3 is 5.32 Å². The van der Waals surface area contributed by atoms with Crippen LogP contribution in [0.1, 0.15) is 13.8 Å². The summed E-state index contributed by atoms with van der Waals surface area (Å²) in [4.78, 5) is 8.65. The maximum atomic E-state index is 4.44. The summed E-state index contributed by atoms with van der Waals surface area (Å²) in [6.07, 6.45) is 1.78. The van der Waals surface area contributed by atoms with Crippen molar-refractivity contribution in [3.8, 4) is 0 Å². The van der Waals surface area contributed by atoms with Gasteiger partial charge in [-0.3, -0.25) is 4.98 Å². The van der Waals surface area contributed by atoms with E-state index < -0.39 is 0 Å². The zero-order valence-corrected chi connectivity index (χ0v) is 8.36. The third-order valence-electron chi connectivity index (χ3n) is 1.89. The Hall–Kier alpha value is -1.64. The molecule has 14 heavy (non-hydrogen) atoms. The average molecular weight is 187 g/mol. The summed E-state index contributed by atoms with van der Waals surface area (Å²) < 4.78 is 0. The molecule has 0 atom stereocenters. The Morgan fingerprint density at radius 1 is 1.14 bits per heavy atom. The molecule has 0 aromatic carbocycles. The Balaban J connectivity index is 2.41.